The van der Waals surface area contributed by atoms with Crippen LogP contribution in [0.15, 0.2) is 72.8 Å². The van der Waals surface area contributed by atoms with Gasteiger partial charge in [-0.3, -0.25) is 0 Å². The molecule has 0 spiro atoms. The van der Waals surface area contributed by atoms with E-state index in [1.807, 2.05) is 0 Å². The molecule has 0 bridgehead atoms. The van der Waals surface area contributed by atoms with Crippen LogP contribution in [0.5, 0.6) is 0 Å². The molecule has 0 aliphatic carbocycles. The first kappa shape index (κ1) is 20.2. The molecule has 3 rings (SSSR count). The molecular formula is C25H30BiN. The van der Waals surface area contributed by atoms with E-state index < -0.39 is 21.8 Å². The molecule has 0 unspecified atom stereocenters. The maximum absolute atomic E-state index is 2.52. The SMILES string of the molecule is CCN(CC)Cc1cccc[c]1[Bi]([c]1ccccc1C)[c]1ccccc1C. The summed E-state index contributed by atoms with van der Waals surface area (Å²) in [7, 11) is 0. The van der Waals surface area contributed by atoms with Crippen molar-refractivity contribution >= 4 is 31.6 Å². The number of hydrogen-bond acceptors (Lipinski definition) is 1. The van der Waals surface area contributed by atoms with Gasteiger partial charge in [0.2, 0.25) is 0 Å². The molecule has 2 heteroatoms. The number of benzene rings is 3. The Kier molecular flexibility index (Phi) is 7.22. The molecule has 3 aromatic carbocycles. The van der Waals surface area contributed by atoms with E-state index in [9.17, 15) is 0 Å². The molecule has 0 aromatic heterocycles. The molecule has 0 aliphatic rings. The molecule has 0 amide bonds. The van der Waals surface area contributed by atoms with Crippen LogP contribution in [0, 0.1) is 13.8 Å². The van der Waals surface area contributed by atoms with E-state index in [1.54, 1.807) is 9.81 Å². The van der Waals surface area contributed by atoms with Gasteiger partial charge < -0.3 is 0 Å². The standard InChI is InChI=1S/C11H16N.2C7H7.Bi/c1-3-12(4-2)10-11-8-6-5-7-9-11;2*1-7-5-3-2-4-6-7;/h5-8H,3-4,10H2,1-2H3;2*2-5H,1H3;. The molecule has 0 aliphatic heterocycles. The fourth-order valence-electron chi connectivity index (χ4n) is 3.57. The summed E-state index contributed by atoms with van der Waals surface area (Å²) in [5, 5.41) is 0. The number of nitrogens with zero attached hydrogens (tertiary/aromatic N) is 1. The van der Waals surface area contributed by atoms with Gasteiger partial charge in [0, 0.05) is 0 Å². The molecule has 0 N–H and O–H groups in total. The van der Waals surface area contributed by atoms with Crippen LogP contribution in [0.1, 0.15) is 30.5 Å². The Bertz CT molecular complexity index is 837. The zero-order valence-corrected chi connectivity index (χ0v) is 20.4. The quantitative estimate of drug-likeness (QED) is 0.404. The molecule has 1 nitrogen and oxygen atoms in total. The summed E-state index contributed by atoms with van der Waals surface area (Å²) in [4.78, 5) is 2.52. The van der Waals surface area contributed by atoms with Gasteiger partial charge in [-0.15, -0.1) is 0 Å². The van der Waals surface area contributed by atoms with E-state index in [0.29, 0.717) is 0 Å². The van der Waals surface area contributed by atoms with E-state index in [2.05, 4.69) is 105 Å². The molecule has 3 aromatic rings. The summed E-state index contributed by atoms with van der Waals surface area (Å²) in [5.74, 6) is 0. The first-order valence-electron chi connectivity index (χ1n) is 9.87. The Hall–Kier alpha value is -1.50. The van der Waals surface area contributed by atoms with Gasteiger partial charge in [-0.1, -0.05) is 0 Å². The third-order valence-corrected chi connectivity index (χ3v) is 16.4. The van der Waals surface area contributed by atoms with Crippen molar-refractivity contribution in [2.75, 3.05) is 13.1 Å². The van der Waals surface area contributed by atoms with Gasteiger partial charge in [-0.2, -0.15) is 0 Å². The van der Waals surface area contributed by atoms with Crippen LogP contribution in [0.3, 0.4) is 0 Å². The van der Waals surface area contributed by atoms with E-state index in [-0.39, 0.29) is 0 Å². The third-order valence-electron chi connectivity index (χ3n) is 5.23. The maximum atomic E-state index is 2.52. The van der Waals surface area contributed by atoms with Gasteiger partial charge in [0.15, 0.2) is 0 Å². The van der Waals surface area contributed by atoms with Crippen molar-refractivity contribution in [3.05, 3.63) is 89.5 Å². The average Bonchev–Trinajstić information content (AvgIpc) is 2.70. The third kappa shape index (κ3) is 4.68. The van der Waals surface area contributed by atoms with E-state index in [1.165, 1.54) is 16.7 Å². The van der Waals surface area contributed by atoms with Crippen molar-refractivity contribution in [1.29, 1.82) is 0 Å². The number of hydrogen-bond donors (Lipinski definition) is 0. The van der Waals surface area contributed by atoms with Crippen LogP contribution in [0.25, 0.3) is 0 Å². The van der Waals surface area contributed by atoms with E-state index in [4.69, 9.17) is 0 Å². The predicted molar refractivity (Wildman–Crippen MR) is 120 cm³/mol. The minimum absolute atomic E-state index is 1.05. The Labute approximate surface area is 172 Å². The van der Waals surface area contributed by atoms with Gasteiger partial charge in [0.05, 0.1) is 0 Å². The molecule has 0 heterocycles. The van der Waals surface area contributed by atoms with Crippen LogP contribution in [-0.4, -0.2) is 39.7 Å². The minimum atomic E-state index is -2.37. The Balaban J connectivity index is 2.18. The fourth-order valence-corrected chi connectivity index (χ4v) is 14.3. The van der Waals surface area contributed by atoms with Gasteiger partial charge in [0.1, 0.15) is 0 Å². The molecule has 0 radical (unpaired) electrons. The number of rotatable bonds is 7. The predicted octanol–water partition coefficient (Wildman–Crippen LogP) is 3.66. The summed E-state index contributed by atoms with van der Waals surface area (Å²) < 4.78 is 4.84. The molecule has 0 fully saturated rings. The van der Waals surface area contributed by atoms with Crippen LogP contribution in [-0.2, 0) is 6.54 Å². The molecule has 0 saturated carbocycles. The Morgan fingerprint density at radius 2 is 1.07 bits per heavy atom. The summed E-state index contributed by atoms with van der Waals surface area (Å²) in [6.07, 6.45) is 0. The number of aryl methyl sites for hydroxylation is 2. The monoisotopic (exact) mass is 553 g/mol. The van der Waals surface area contributed by atoms with E-state index >= 15 is 0 Å². The molecule has 0 saturated heterocycles. The first-order valence-corrected chi connectivity index (χ1v) is 15.1. The second kappa shape index (κ2) is 9.62. The van der Waals surface area contributed by atoms with E-state index in [0.717, 1.165) is 19.6 Å². The normalized spacial score (nSPS) is 11.3. The molecule has 27 heavy (non-hydrogen) atoms. The average molecular weight is 554 g/mol. The van der Waals surface area contributed by atoms with Crippen molar-refractivity contribution in [3.8, 4) is 0 Å². The molecule has 0 atom stereocenters. The summed E-state index contributed by atoms with van der Waals surface area (Å²) in [6, 6.07) is 27.3. The molecule has 140 valence electrons. The zero-order chi connectivity index (χ0) is 19.2. The van der Waals surface area contributed by atoms with Crippen molar-refractivity contribution in [2.45, 2.75) is 34.2 Å². The van der Waals surface area contributed by atoms with Crippen LogP contribution < -0.4 is 9.81 Å². The van der Waals surface area contributed by atoms with Crippen LogP contribution >= 0.6 is 0 Å². The van der Waals surface area contributed by atoms with Crippen molar-refractivity contribution < 1.29 is 0 Å². The Morgan fingerprint density at radius 3 is 1.56 bits per heavy atom. The first-order chi connectivity index (χ1) is 13.2. The van der Waals surface area contributed by atoms with Gasteiger partial charge in [0.25, 0.3) is 0 Å². The zero-order valence-electron chi connectivity index (χ0n) is 16.9. The Morgan fingerprint density at radius 1 is 0.630 bits per heavy atom. The van der Waals surface area contributed by atoms with Crippen molar-refractivity contribution in [3.63, 3.8) is 0 Å². The van der Waals surface area contributed by atoms with Gasteiger partial charge >= 0.3 is 173 Å². The fraction of sp³-hybridized carbons (Fsp3) is 0.280. The second-order valence-electron chi connectivity index (χ2n) is 7.00. The summed E-state index contributed by atoms with van der Waals surface area (Å²) in [6.45, 7) is 12.3. The van der Waals surface area contributed by atoms with Crippen molar-refractivity contribution in [1.82, 2.24) is 4.90 Å². The van der Waals surface area contributed by atoms with Crippen LogP contribution in [0.2, 0.25) is 0 Å². The van der Waals surface area contributed by atoms with Gasteiger partial charge in [-0.25, -0.2) is 0 Å². The topological polar surface area (TPSA) is 3.24 Å². The van der Waals surface area contributed by atoms with Crippen LogP contribution in [0.4, 0.5) is 0 Å². The van der Waals surface area contributed by atoms with Crippen molar-refractivity contribution in [2.24, 2.45) is 0 Å². The second-order valence-corrected chi connectivity index (χ2v) is 15.2. The summed E-state index contributed by atoms with van der Waals surface area (Å²) >= 11 is -2.37. The molecular weight excluding hydrogens is 523 g/mol. The van der Waals surface area contributed by atoms with Gasteiger partial charge in [-0.05, 0) is 0 Å². The summed E-state index contributed by atoms with van der Waals surface area (Å²) in [5.41, 5.74) is 4.40.